The van der Waals surface area contributed by atoms with Crippen LogP contribution in [0, 0.1) is 5.41 Å². The summed E-state index contributed by atoms with van der Waals surface area (Å²) in [5.74, 6) is -0.620. The van der Waals surface area contributed by atoms with E-state index in [1.165, 1.54) is 7.11 Å². The molecule has 176 valence electrons. The van der Waals surface area contributed by atoms with Crippen LogP contribution in [-0.2, 0) is 20.4 Å². The summed E-state index contributed by atoms with van der Waals surface area (Å²) in [6.45, 7) is 1.46. The van der Waals surface area contributed by atoms with Gasteiger partial charge in [-0.25, -0.2) is 9.80 Å². The molecule has 2 amide bonds. The number of carbonyl (C=O) groups is 2. The van der Waals surface area contributed by atoms with Gasteiger partial charge < -0.3 is 14.8 Å². The average Bonchev–Trinajstić information content (AvgIpc) is 3.15. The molecular weight excluding hydrogens is 463 g/mol. The van der Waals surface area contributed by atoms with E-state index in [2.05, 4.69) is 10.4 Å². The van der Waals surface area contributed by atoms with Crippen LogP contribution in [0.3, 0.4) is 0 Å². The zero-order chi connectivity index (χ0) is 24.2. The molecule has 0 spiro atoms. The fourth-order valence-corrected chi connectivity index (χ4v) is 3.55. The Morgan fingerprint density at radius 2 is 1.79 bits per heavy atom. The van der Waals surface area contributed by atoms with Crippen LogP contribution in [0.4, 0.5) is 23.7 Å². The van der Waals surface area contributed by atoms with E-state index < -0.39 is 29.2 Å². The number of urea groups is 1. The highest BCUT2D eigenvalue weighted by Crippen LogP contribution is 2.35. The quantitative estimate of drug-likeness (QED) is 0.598. The number of hydrazone groups is 1. The molecule has 0 saturated carbocycles. The van der Waals surface area contributed by atoms with Crippen LogP contribution in [-0.4, -0.2) is 49.6 Å². The lowest BCUT2D eigenvalue weighted by atomic mass is 9.81. The van der Waals surface area contributed by atoms with E-state index in [9.17, 15) is 22.8 Å². The molecule has 1 aliphatic rings. The second-order valence-corrected chi connectivity index (χ2v) is 7.69. The predicted molar refractivity (Wildman–Crippen MR) is 116 cm³/mol. The van der Waals surface area contributed by atoms with Gasteiger partial charge in [0.2, 0.25) is 0 Å². The highest BCUT2D eigenvalue weighted by atomic mass is 35.5. The topological polar surface area (TPSA) is 80.2 Å². The molecule has 7 nitrogen and oxygen atoms in total. The number of hydrogen-bond acceptors (Lipinski definition) is 5. The maximum absolute atomic E-state index is 13.0. The zero-order valence-electron chi connectivity index (χ0n) is 17.8. The van der Waals surface area contributed by atoms with Crippen LogP contribution in [0.15, 0.2) is 53.6 Å². The number of esters is 1. The number of halogens is 4. The molecular formula is C22H21ClF3N3O4. The molecule has 33 heavy (non-hydrogen) atoms. The smallest absolute Gasteiger partial charge is 0.416 e. The summed E-state index contributed by atoms with van der Waals surface area (Å²) in [6.07, 6.45) is -4.49. The summed E-state index contributed by atoms with van der Waals surface area (Å²) >= 11 is 5.97. The Hall–Kier alpha value is -3.11. The van der Waals surface area contributed by atoms with Crippen LogP contribution in [0.1, 0.15) is 18.1 Å². The van der Waals surface area contributed by atoms with E-state index in [-0.39, 0.29) is 31.2 Å². The number of anilines is 1. The van der Waals surface area contributed by atoms with Gasteiger partial charge >= 0.3 is 18.2 Å². The fourth-order valence-electron chi connectivity index (χ4n) is 3.42. The van der Waals surface area contributed by atoms with E-state index in [4.69, 9.17) is 21.1 Å². The summed E-state index contributed by atoms with van der Waals surface area (Å²) in [5.41, 5.74) is -1.32. The van der Waals surface area contributed by atoms with Gasteiger partial charge in [0.05, 0.1) is 31.0 Å². The highest BCUT2D eigenvalue weighted by molar-refractivity contribution is 6.30. The maximum Gasteiger partial charge on any atom is 0.416 e. The van der Waals surface area contributed by atoms with Crippen LogP contribution in [0.2, 0.25) is 5.02 Å². The average molecular weight is 484 g/mol. The maximum atomic E-state index is 13.0. The fraction of sp³-hybridized carbons (Fsp3) is 0.318. The third-order valence-electron chi connectivity index (χ3n) is 4.97. The van der Waals surface area contributed by atoms with Crippen LogP contribution in [0.5, 0.6) is 0 Å². The first-order valence-electron chi connectivity index (χ1n) is 9.87. The molecule has 0 aromatic heterocycles. The Morgan fingerprint density at radius 1 is 1.15 bits per heavy atom. The van der Waals surface area contributed by atoms with Crippen molar-refractivity contribution >= 4 is 35.0 Å². The second kappa shape index (κ2) is 9.80. The van der Waals surface area contributed by atoms with Gasteiger partial charge in [-0.15, -0.1) is 0 Å². The molecule has 11 heteroatoms. The van der Waals surface area contributed by atoms with Crippen molar-refractivity contribution in [3.63, 3.8) is 0 Å². The SMILES string of the molecule is CCOC(=O)C1(COC)CN(C(=O)Nc2ccc(C(F)(F)F)cc2)N=C1c1ccc(Cl)cc1. The number of hydrogen-bond donors (Lipinski definition) is 1. The molecule has 0 bridgehead atoms. The number of carbonyl (C=O) groups excluding carboxylic acids is 2. The van der Waals surface area contributed by atoms with Gasteiger partial charge in [0, 0.05) is 17.8 Å². The minimum Gasteiger partial charge on any atom is -0.465 e. The number of nitrogens with zero attached hydrogens (tertiary/aromatic N) is 2. The molecule has 3 rings (SSSR count). The van der Waals surface area contributed by atoms with Crippen molar-refractivity contribution in [2.45, 2.75) is 13.1 Å². The van der Waals surface area contributed by atoms with Crippen molar-refractivity contribution < 1.29 is 32.2 Å². The molecule has 0 saturated heterocycles. The molecule has 1 heterocycles. The number of alkyl halides is 3. The predicted octanol–water partition coefficient (Wildman–Crippen LogP) is 4.81. The summed E-state index contributed by atoms with van der Waals surface area (Å²) in [5, 5.41) is 8.34. The lowest BCUT2D eigenvalue weighted by molar-refractivity contribution is -0.153. The Kier molecular flexibility index (Phi) is 7.28. The molecule has 0 aliphatic carbocycles. The molecule has 0 radical (unpaired) electrons. The van der Waals surface area contributed by atoms with Gasteiger partial charge in [-0.05, 0) is 48.9 Å². The molecule has 1 N–H and O–H groups in total. The third-order valence-corrected chi connectivity index (χ3v) is 5.22. The number of benzene rings is 2. The molecule has 1 atom stereocenters. The number of methoxy groups -OCH3 is 1. The first kappa shape index (κ1) is 24.5. The van der Waals surface area contributed by atoms with E-state index in [0.717, 1.165) is 29.3 Å². The van der Waals surface area contributed by atoms with Crippen LogP contribution < -0.4 is 5.32 Å². The lowest BCUT2D eigenvalue weighted by Crippen LogP contribution is -2.48. The van der Waals surface area contributed by atoms with Crippen molar-refractivity contribution in [1.82, 2.24) is 5.01 Å². The van der Waals surface area contributed by atoms with Gasteiger partial charge in [0.25, 0.3) is 0 Å². The van der Waals surface area contributed by atoms with Crippen molar-refractivity contribution in [3.8, 4) is 0 Å². The minimum absolute atomic E-state index is 0.107. The van der Waals surface area contributed by atoms with Gasteiger partial charge in [-0.1, -0.05) is 23.7 Å². The molecule has 2 aromatic rings. The number of nitrogens with one attached hydrogen (secondary N) is 1. The Labute approximate surface area is 193 Å². The Balaban J connectivity index is 1.92. The number of rotatable bonds is 6. The normalized spacial score (nSPS) is 18.1. The molecule has 0 fully saturated rings. The Morgan fingerprint density at radius 3 is 2.33 bits per heavy atom. The van der Waals surface area contributed by atoms with Crippen LogP contribution in [0.25, 0.3) is 0 Å². The summed E-state index contributed by atoms with van der Waals surface area (Å²) in [6, 6.07) is 9.79. The van der Waals surface area contributed by atoms with Crippen LogP contribution >= 0.6 is 11.6 Å². The van der Waals surface area contributed by atoms with Crippen molar-refractivity contribution in [2.75, 3.05) is 32.2 Å². The minimum atomic E-state index is -4.49. The zero-order valence-corrected chi connectivity index (χ0v) is 18.5. The molecule has 1 aliphatic heterocycles. The van der Waals surface area contributed by atoms with Gasteiger partial charge in [0.15, 0.2) is 5.41 Å². The van der Waals surface area contributed by atoms with Gasteiger partial charge in [-0.2, -0.15) is 18.3 Å². The Bertz CT molecular complexity index is 1040. The second-order valence-electron chi connectivity index (χ2n) is 7.25. The number of ether oxygens (including phenoxy) is 2. The van der Waals surface area contributed by atoms with E-state index >= 15 is 0 Å². The summed E-state index contributed by atoms with van der Waals surface area (Å²) in [4.78, 5) is 25.9. The standard InChI is InChI=1S/C22H21ClF3N3O4/c1-3-33-19(30)21(13-32-2)12-29(28-18(21)14-4-8-16(23)9-5-14)20(31)27-17-10-6-15(7-11-17)22(24,25)26/h4-11H,3,12-13H2,1-2H3,(H,27,31). The van der Waals surface area contributed by atoms with Gasteiger partial charge in [-0.3, -0.25) is 4.79 Å². The molecule has 1 unspecified atom stereocenters. The third kappa shape index (κ3) is 5.28. The van der Waals surface area contributed by atoms with E-state index in [1.807, 2.05) is 0 Å². The van der Waals surface area contributed by atoms with Crippen molar-refractivity contribution in [3.05, 3.63) is 64.7 Å². The largest absolute Gasteiger partial charge is 0.465 e. The highest BCUT2D eigenvalue weighted by Gasteiger charge is 2.52. The van der Waals surface area contributed by atoms with Crippen molar-refractivity contribution in [1.29, 1.82) is 0 Å². The summed E-state index contributed by atoms with van der Waals surface area (Å²) < 4.78 is 48.9. The molecule has 2 aromatic carbocycles. The number of amides is 2. The van der Waals surface area contributed by atoms with Gasteiger partial charge in [0.1, 0.15) is 0 Å². The van der Waals surface area contributed by atoms with E-state index in [1.54, 1.807) is 31.2 Å². The first-order valence-corrected chi connectivity index (χ1v) is 10.3. The summed E-state index contributed by atoms with van der Waals surface area (Å²) in [7, 11) is 1.41. The van der Waals surface area contributed by atoms with E-state index in [0.29, 0.717) is 10.6 Å². The van der Waals surface area contributed by atoms with Crippen molar-refractivity contribution in [2.24, 2.45) is 10.5 Å². The lowest BCUT2D eigenvalue weighted by Gasteiger charge is -2.27. The monoisotopic (exact) mass is 483 g/mol. The first-order chi connectivity index (χ1) is 15.6.